The zero-order valence-electron chi connectivity index (χ0n) is 13.7. The summed E-state index contributed by atoms with van der Waals surface area (Å²) in [4.78, 5) is 14.2. The molecule has 1 amide bonds. The van der Waals surface area contributed by atoms with E-state index in [0.29, 0.717) is 12.3 Å². The average Bonchev–Trinajstić information content (AvgIpc) is 3.04. The maximum absolute atomic E-state index is 12.5. The maximum Gasteiger partial charge on any atom is 0.228 e. The molecule has 1 aliphatic rings. The van der Waals surface area contributed by atoms with Gasteiger partial charge < -0.3 is 9.64 Å². The van der Waals surface area contributed by atoms with Crippen LogP contribution in [0, 0.1) is 0 Å². The first-order valence-corrected chi connectivity index (χ1v) is 9.90. The minimum atomic E-state index is -3.60. The van der Waals surface area contributed by atoms with Crippen LogP contribution in [0.3, 0.4) is 0 Å². The fourth-order valence-electron chi connectivity index (χ4n) is 2.91. The Bertz CT molecular complexity index is 911. The number of para-hydroxylation sites is 1. The van der Waals surface area contributed by atoms with Crippen LogP contribution in [0.5, 0.6) is 5.75 Å². The number of fused-ring (bicyclic) bond motifs is 1. The number of halogens is 1. The van der Waals surface area contributed by atoms with Crippen molar-refractivity contribution in [2.45, 2.75) is 17.7 Å². The monoisotopic (exact) mass is 379 g/mol. The number of nitrogens with zero attached hydrogens (tertiary/aromatic N) is 1. The van der Waals surface area contributed by atoms with Gasteiger partial charge in [-0.25, -0.2) is 8.42 Å². The van der Waals surface area contributed by atoms with E-state index in [2.05, 4.69) is 0 Å². The molecule has 0 aliphatic carbocycles. The molecule has 0 spiro atoms. The second-order valence-electron chi connectivity index (χ2n) is 5.79. The largest absolute Gasteiger partial charge is 0.495 e. The predicted octanol–water partition coefficient (Wildman–Crippen LogP) is 3.10. The summed E-state index contributed by atoms with van der Waals surface area (Å²) in [5.41, 5.74) is 1.98. The third-order valence-corrected chi connectivity index (χ3v) is 6.26. The SMILES string of the molecule is COc1ccc(S(=O)(=O)CCC(=O)N2CCc3ccccc32)cc1Cl. The van der Waals surface area contributed by atoms with Crippen LogP contribution in [0.25, 0.3) is 0 Å². The first-order chi connectivity index (χ1) is 11.9. The van der Waals surface area contributed by atoms with E-state index in [9.17, 15) is 13.2 Å². The minimum absolute atomic E-state index is 0.0691. The first kappa shape index (κ1) is 17.8. The second kappa shape index (κ2) is 7.06. The van der Waals surface area contributed by atoms with Crippen LogP contribution in [-0.4, -0.2) is 33.7 Å². The highest BCUT2D eigenvalue weighted by Crippen LogP contribution is 2.29. The molecule has 0 fully saturated rings. The van der Waals surface area contributed by atoms with E-state index in [1.807, 2.05) is 24.3 Å². The highest BCUT2D eigenvalue weighted by Gasteiger charge is 2.26. The van der Waals surface area contributed by atoms with E-state index in [1.165, 1.54) is 25.3 Å². The molecule has 0 saturated heterocycles. The van der Waals surface area contributed by atoms with Crippen LogP contribution in [-0.2, 0) is 21.1 Å². The molecule has 5 nitrogen and oxygen atoms in total. The molecule has 0 radical (unpaired) electrons. The Balaban J connectivity index is 1.70. The molecule has 2 aromatic rings. The number of benzene rings is 2. The Morgan fingerprint density at radius 1 is 1.24 bits per heavy atom. The van der Waals surface area contributed by atoms with Crippen LogP contribution in [0.1, 0.15) is 12.0 Å². The summed E-state index contributed by atoms with van der Waals surface area (Å²) in [6, 6.07) is 12.0. The lowest BCUT2D eigenvalue weighted by Gasteiger charge is -2.17. The molecule has 0 atom stereocenters. The van der Waals surface area contributed by atoms with Crippen molar-refractivity contribution in [3.63, 3.8) is 0 Å². The molecule has 0 unspecified atom stereocenters. The summed E-state index contributed by atoms with van der Waals surface area (Å²) in [6.45, 7) is 0.590. The van der Waals surface area contributed by atoms with Crippen LogP contribution >= 0.6 is 11.6 Å². The normalized spacial score (nSPS) is 13.6. The predicted molar refractivity (Wildman–Crippen MR) is 97.2 cm³/mol. The van der Waals surface area contributed by atoms with Gasteiger partial charge in [0.2, 0.25) is 5.91 Å². The Morgan fingerprint density at radius 2 is 2.00 bits per heavy atom. The van der Waals surface area contributed by atoms with E-state index in [4.69, 9.17) is 16.3 Å². The van der Waals surface area contributed by atoms with Crippen molar-refractivity contribution in [1.82, 2.24) is 0 Å². The van der Waals surface area contributed by atoms with Gasteiger partial charge in [0, 0.05) is 18.7 Å². The van der Waals surface area contributed by atoms with Crippen molar-refractivity contribution < 1.29 is 17.9 Å². The number of carbonyl (C=O) groups excluding carboxylic acids is 1. The van der Waals surface area contributed by atoms with Crippen molar-refractivity contribution in [3.8, 4) is 5.75 Å². The van der Waals surface area contributed by atoms with Gasteiger partial charge in [0.1, 0.15) is 5.75 Å². The summed E-state index contributed by atoms with van der Waals surface area (Å²) >= 11 is 5.99. The molecule has 0 N–H and O–H groups in total. The van der Waals surface area contributed by atoms with Crippen molar-refractivity contribution in [1.29, 1.82) is 0 Å². The zero-order chi connectivity index (χ0) is 18.0. The van der Waals surface area contributed by atoms with Gasteiger partial charge >= 0.3 is 0 Å². The Hall–Kier alpha value is -2.05. The van der Waals surface area contributed by atoms with Gasteiger partial charge in [0.05, 0.1) is 22.8 Å². The van der Waals surface area contributed by atoms with Crippen molar-refractivity contribution >= 4 is 33.0 Å². The van der Waals surface area contributed by atoms with Crippen molar-refractivity contribution in [2.24, 2.45) is 0 Å². The number of sulfone groups is 1. The van der Waals surface area contributed by atoms with E-state index < -0.39 is 9.84 Å². The standard InChI is InChI=1S/C18H18ClNO4S/c1-24-17-7-6-14(12-15(17)19)25(22,23)11-9-18(21)20-10-8-13-4-2-3-5-16(13)20/h2-7,12H,8-11H2,1H3. The lowest BCUT2D eigenvalue weighted by Crippen LogP contribution is -2.30. The van der Waals surface area contributed by atoms with Crippen LogP contribution in [0.15, 0.2) is 47.4 Å². The molecule has 2 aromatic carbocycles. The van der Waals surface area contributed by atoms with Gasteiger partial charge in [-0.05, 0) is 36.2 Å². The molecule has 1 aliphatic heterocycles. The smallest absolute Gasteiger partial charge is 0.228 e. The van der Waals surface area contributed by atoms with Crippen LogP contribution in [0.4, 0.5) is 5.69 Å². The number of ether oxygens (including phenoxy) is 1. The first-order valence-electron chi connectivity index (χ1n) is 7.87. The number of rotatable bonds is 5. The number of hydrogen-bond acceptors (Lipinski definition) is 4. The van der Waals surface area contributed by atoms with Gasteiger partial charge in [-0.2, -0.15) is 0 Å². The summed E-state index contributed by atoms with van der Waals surface area (Å²) in [7, 11) is -2.14. The fourth-order valence-corrected chi connectivity index (χ4v) is 4.49. The Kier molecular flexibility index (Phi) is 5.01. The lowest BCUT2D eigenvalue weighted by atomic mass is 10.2. The van der Waals surface area contributed by atoms with Gasteiger partial charge in [-0.3, -0.25) is 4.79 Å². The highest BCUT2D eigenvalue weighted by atomic mass is 35.5. The highest BCUT2D eigenvalue weighted by molar-refractivity contribution is 7.91. The van der Waals surface area contributed by atoms with E-state index in [1.54, 1.807) is 4.90 Å². The van der Waals surface area contributed by atoms with E-state index >= 15 is 0 Å². The van der Waals surface area contributed by atoms with Crippen molar-refractivity contribution in [2.75, 3.05) is 24.3 Å². The molecule has 25 heavy (non-hydrogen) atoms. The molecular formula is C18H18ClNO4S. The summed E-state index contributed by atoms with van der Waals surface area (Å²) in [5.74, 6) is -0.0360. The number of anilines is 1. The number of hydrogen-bond donors (Lipinski definition) is 0. The third-order valence-electron chi connectivity index (χ3n) is 4.26. The van der Waals surface area contributed by atoms with Crippen LogP contribution < -0.4 is 9.64 Å². The Morgan fingerprint density at radius 3 is 2.72 bits per heavy atom. The lowest BCUT2D eigenvalue weighted by molar-refractivity contribution is -0.118. The fraction of sp³-hybridized carbons (Fsp3) is 0.278. The van der Waals surface area contributed by atoms with Crippen molar-refractivity contribution in [3.05, 3.63) is 53.1 Å². The van der Waals surface area contributed by atoms with E-state index in [-0.39, 0.29) is 28.0 Å². The summed E-state index contributed by atoms with van der Waals surface area (Å²) < 4.78 is 30.0. The summed E-state index contributed by atoms with van der Waals surface area (Å²) in [6.07, 6.45) is 0.725. The molecule has 0 saturated carbocycles. The molecule has 3 rings (SSSR count). The third kappa shape index (κ3) is 3.65. The van der Waals surface area contributed by atoms with Gasteiger partial charge in [0.15, 0.2) is 9.84 Å². The van der Waals surface area contributed by atoms with Gasteiger partial charge in [-0.1, -0.05) is 29.8 Å². The van der Waals surface area contributed by atoms with Crippen LogP contribution in [0.2, 0.25) is 5.02 Å². The van der Waals surface area contributed by atoms with Gasteiger partial charge in [0.25, 0.3) is 0 Å². The topological polar surface area (TPSA) is 63.7 Å². The second-order valence-corrected chi connectivity index (χ2v) is 8.31. The number of carbonyl (C=O) groups is 1. The zero-order valence-corrected chi connectivity index (χ0v) is 15.3. The molecule has 7 heteroatoms. The minimum Gasteiger partial charge on any atom is -0.495 e. The quantitative estimate of drug-likeness (QED) is 0.800. The molecule has 0 bridgehead atoms. The van der Waals surface area contributed by atoms with Gasteiger partial charge in [-0.15, -0.1) is 0 Å². The molecule has 0 aromatic heterocycles. The van der Waals surface area contributed by atoms with E-state index in [0.717, 1.165) is 17.7 Å². The summed E-state index contributed by atoms with van der Waals surface area (Å²) in [5, 5.41) is 0.225. The molecule has 132 valence electrons. The Labute approximate surface area is 152 Å². The molecule has 1 heterocycles. The molecular weight excluding hydrogens is 362 g/mol. The number of amides is 1. The number of methoxy groups -OCH3 is 1. The average molecular weight is 380 g/mol. The maximum atomic E-state index is 12.5.